The van der Waals surface area contributed by atoms with Crippen LogP contribution < -0.4 is 5.32 Å². The second-order valence-corrected chi connectivity index (χ2v) is 5.08. The van der Waals surface area contributed by atoms with Crippen LogP contribution in [0.4, 0.5) is 0 Å². The van der Waals surface area contributed by atoms with Gasteiger partial charge in [-0.25, -0.2) is 4.98 Å². The van der Waals surface area contributed by atoms with Crippen molar-refractivity contribution in [2.75, 3.05) is 33.7 Å². The van der Waals surface area contributed by atoms with Crippen LogP contribution in [0.15, 0.2) is 18.3 Å². The van der Waals surface area contributed by atoms with Crippen molar-refractivity contribution >= 4 is 5.91 Å². The fraction of sp³-hybridized carbons (Fsp3) is 0.500. The molecule has 1 atom stereocenters. The topological polar surface area (TPSA) is 72.3 Å². The highest BCUT2D eigenvalue weighted by Crippen LogP contribution is 2.12. The van der Waals surface area contributed by atoms with Crippen LogP contribution in [0.5, 0.6) is 0 Å². The number of nitrogens with zero attached hydrogens (tertiary/aromatic N) is 4. The molecule has 6 heteroatoms. The molecule has 0 saturated carbocycles. The highest BCUT2D eigenvalue weighted by molar-refractivity contribution is 5.81. The lowest BCUT2D eigenvalue weighted by molar-refractivity contribution is -0.135. The number of amides is 1. The summed E-state index contributed by atoms with van der Waals surface area (Å²) in [5.41, 5.74) is 1.42. The lowest BCUT2D eigenvalue weighted by Gasteiger charge is -2.36. The molecule has 1 aromatic heterocycles. The first-order valence-electron chi connectivity index (χ1n) is 6.63. The Morgan fingerprint density at radius 3 is 3.15 bits per heavy atom. The van der Waals surface area contributed by atoms with E-state index in [9.17, 15) is 4.79 Å². The summed E-state index contributed by atoms with van der Waals surface area (Å²) < 4.78 is 0. The normalized spacial score (nSPS) is 19.4. The number of nitrogens with one attached hydrogen (secondary N) is 1. The SMILES string of the molecule is CN(C)C(=O)C1CNCCN1Cc1ccnc(C#N)c1. The molecule has 2 rings (SSSR count). The number of pyridine rings is 1. The van der Waals surface area contributed by atoms with E-state index >= 15 is 0 Å². The number of hydrogen-bond acceptors (Lipinski definition) is 5. The van der Waals surface area contributed by atoms with E-state index in [2.05, 4.69) is 15.2 Å². The van der Waals surface area contributed by atoms with Crippen molar-refractivity contribution in [3.8, 4) is 6.07 Å². The first-order chi connectivity index (χ1) is 9.61. The predicted octanol–water partition coefficient (Wildman–Crippen LogP) is -0.185. The Balaban J connectivity index is 2.12. The third-order valence-electron chi connectivity index (χ3n) is 3.40. The van der Waals surface area contributed by atoms with Crippen LogP contribution in [0.1, 0.15) is 11.3 Å². The van der Waals surface area contributed by atoms with Crippen molar-refractivity contribution < 1.29 is 4.79 Å². The average molecular weight is 273 g/mol. The van der Waals surface area contributed by atoms with Crippen LogP contribution in [0, 0.1) is 11.3 Å². The Morgan fingerprint density at radius 2 is 2.45 bits per heavy atom. The number of likely N-dealkylation sites (N-methyl/N-ethyl adjacent to an activating group) is 1. The molecule has 1 aliphatic rings. The fourth-order valence-electron chi connectivity index (χ4n) is 2.35. The standard InChI is InChI=1S/C14H19N5O/c1-18(2)14(20)13-9-16-5-6-19(13)10-11-3-4-17-12(7-11)8-15/h3-4,7,13,16H,5-6,9-10H2,1-2H3. The van der Waals surface area contributed by atoms with Gasteiger partial charge in [-0.3, -0.25) is 9.69 Å². The number of rotatable bonds is 3. The van der Waals surface area contributed by atoms with E-state index in [0.29, 0.717) is 18.8 Å². The average Bonchev–Trinajstić information content (AvgIpc) is 2.47. The van der Waals surface area contributed by atoms with Crippen molar-refractivity contribution in [3.05, 3.63) is 29.6 Å². The van der Waals surface area contributed by atoms with Gasteiger partial charge in [-0.1, -0.05) is 0 Å². The number of aromatic nitrogens is 1. The van der Waals surface area contributed by atoms with Crippen LogP contribution in [0.3, 0.4) is 0 Å². The van der Waals surface area contributed by atoms with E-state index in [0.717, 1.165) is 18.7 Å². The Kier molecular flexibility index (Phi) is 4.66. The zero-order valence-electron chi connectivity index (χ0n) is 11.8. The Hall–Kier alpha value is -1.97. The highest BCUT2D eigenvalue weighted by atomic mass is 16.2. The number of hydrogen-bond donors (Lipinski definition) is 1. The molecule has 0 aromatic carbocycles. The van der Waals surface area contributed by atoms with Gasteiger partial charge in [0.05, 0.1) is 0 Å². The zero-order chi connectivity index (χ0) is 14.5. The summed E-state index contributed by atoms with van der Waals surface area (Å²) in [6.07, 6.45) is 1.64. The largest absolute Gasteiger partial charge is 0.347 e. The van der Waals surface area contributed by atoms with Crippen molar-refractivity contribution in [2.45, 2.75) is 12.6 Å². The molecule has 0 spiro atoms. The second kappa shape index (κ2) is 6.46. The van der Waals surface area contributed by atoms with Gasteiger partial charge in [0.15, 0.2) is 0 Å². The monoisotopic (exact) mass is 273 g/mol. The van der Waals surface area contributed by atoms with Crippen LogP contribution >= 0.6 is 0 Å². The van der Waals surface area contributed by atoms with Gasteiger partial charge < -0.3 is 10.2 Å². The van der Waals surface area contributed by atoms with E-state index < -0.39 is 0 Å². The minimum Gasteiger partial charge on any atom is -0.347 e. The van der Waals surface area contributed by atoms with Crippen LogP contribution in [-0.4, -0.2) is 60.5 Å². The Morgan fingerprint density at radius 1 is 1.65 bits per heavy atom. The molecule has 1 unspecified atom stereocenters. The molecule has 6 nitrogen and oxygen atoms in total. The maximum atomic E-state index is 12.2. The fourth-order valence-corrected chi connectivity index (χ4v) is 2.35. The molecular formula is C14H19N5O. The summed E-state index contributed by atoms with van der Waals surface area (Å²) in [5.74, 6) is 0.103. The first-order valence-corrected chi connectivity index (χ1v) is 6.63. The van der Waals surface area contributed by atoms with Gasteiger partial charge in [-0.2, -0.15) is 5.26 Å². The van der Waals surface area contributed by atoms with Gasteiger partial charge >= 0.3 is 0 Å². The molecule has 1 fully saturated rings. The molecule has 0 radical (unpaired) electrons. The van der Waals surface area contributed by atoms with Crippen molar-refractivity contribution in [1.29, 1.82) is 5.26 Å². The maximum Gasteiger partial charge on any atom is 0.240 e. The number of carbonyl (C=O) groups excluding carboxylic acids is 1. The summed E-state index contributed by atoms with van der Waals surface area (Å²) in [7, 11) is 3.55. The molecule has 0 bridgehead atoms. The molecule has 1 aromatic rings. The molecule has 2 heterocycles. The summed E-state index contributed by atoms with van der Waals surface area (Å²) in [6.45, 7) is 3.00. The maximum absolute atomic E-state index is 12.2. The number of piperazine rings is 1. The molecular weight excluding hydrogens is 254 g/mol. The third-order valence-corrected chi connectivity index (χ3v) is 3.40. The summed E-state index contributed by atoms with van der Waals surface area (Å²) >= 11 is 0. The summed E-state index contributed by atoms with van der Waals surface area (Å²) in [5, 5.41) is 12.1. The van der Waals surface area contributed by atoms with Crippen LogP contribution in [-0.2, 0) is 11.3 Å². The van der Waals surface area contributed by atoms with Gasteiger partial charge in [-0.15, -0.1) is 0 Å². The van der Waals surface area contributed by atoms with Crippen LogP contribution in [0.25, 0.3) is 0 Å². The third kappa shape index (κ3) is 3.32. The molecule has 0 aliphatic carbocycles. The lowest BCUT2D eigenvalue weighted by atomic mass is 10.1. The van der Waals surface area contributed by atoms with E-state index in [1.165, 1.54) is 0 Å². The minimum absolute atomic E-state index is 0.103. The number of carbonyl (C=O) groups is 1. The molecule has 1 amide bonds. The van der Waals surface area contributed by atoms with Crippen molar-refractivity contribution in [2.24, 2.45) is 0 Å². The Bertz CT molecular complexity index is 523. The number of nitriles is 1. The smallest absolute Gasteiger partial charge is 0.240 e. The van der Waals surface area contributed by atoms with Gasteiger partial charge in [0, 0.05) is 46.5 Å². The van der Waals surface area contributed by atoms with E-state index in [1.54, 1.807) is 31.3 Å². The van der Waals surface area contributed by atoms with Gasteiger partial charge in [0.2, 0.25) is 5.91 Å². The highest BCUT2D eigenvalue weighted by Gasteiger charge is 2.29. The zero-order valence-corrected chi connectivity index (χ0v) is 11.8. The quantitative estimate of drug-likeness (QED) is 0.827. The predicted molar refractivity (Wildman–Crippen MR) is 74.7 cm³/mol. The lowest BCUT2D eigenvalue weighted by Crippen LogP contribution is -2.57. The van der Waals surface area contributed by atoms with E-state index in [-0.39, 0.29) is 11.9 Å². The van der Waals surface area contributed by atoms with Gasteiger partial charge in [0.25, 0.3) is 0 Å². The van der Waals surface area contributed by atoms with E-state index in [1.807, 2.05) is 12.1 Å². The molecule has 106 valence electrons. The summed E-state index contributed by atoms with van der Waals surface area (Å²) in [6, 6.07) is 5.55. The minimum atomic E-state index is -0.155. The molecule has 20 heavy (non-hydrogen) atoms. The summed E-state index contributed by atoms with van der Waals surface area (Å²) in [4.78, 5) is 19.9. The van der Waals surface area contributed by atoms with E-state index in [4.69, 9.17) is 5.26 Å². The first kappa shape index (κ1) is 14.4. The molecule has 1 aliphatic heterocycles. The van der Waals surface area contributed by atoms with Gasteiger partial charge in [-0.05, 0) is 17.7 Å². The van der Waals surface area contributed by atoms with Crippen molar-refractivity contribution in [1.82, 2.24) is 20.1 Å². The second-order valence-electron chi connectivity index (χ2n) is 5.08. The van der Waals surface area contributed by atoms with Gasteiger partial charge in [0.1, 0.15) is 17.8 Å². The molecule has 1 N–H and O–H groups in total. The molecule has 1 saturated heterocycles. The Labute approximate surface area is 119 Å². The van der Waals surface area contributed by atoms with Crippen LogP contribution in [0.2, 0.25) is 0 Å². The van der Waals surface area contributed by atoms with Crippen molar-refractivity contribution in [3.63, 3.8) is 0 Å².